The maximum absolute atomic E-state index is 5.61. The Morgan fingerprint density at radius 2 is 2.40 bits per heavy atom. The van der Waals surface area contributed by atoms with Crippen LogP contribution >= 0.6 is 0 Å². The molecule has 1 fully saturated rings. The minimum Gasteiger partial charge on any atom is -0.382 e. The van der Waals surface area contributed by atoms with Crippen molar-refractivity contribution in [3.63, 3.8) is 0 Å². The number of H-pyrrole nitrogens is 1. The van der Waals surface area contributed by atoms with Crippen molar-refractivity contribution in [3.8, 4) is 0 Å². The summed E-state index contributed by atoms with van der Waals surface area (Å²) >= 11 is 0. The van der Waals surface area contributed by atoms with Crippen molar-refractivity contribution in [1.29, 1.82) is 0 Å². The Labute approximate surface area is 59.6 Å². The number of nitrogens with one attached hydrogen (secondary N) is 1. The summed E-state index contributed by atoms with van der Waals surface area (Å²) in [6, 6.07) is 0. The topological polar surface area (TPSA) is 54.7 Å². The van der Waals surface area contributed by atoms with E-state index in [9.17, 15) is 0 Å². The SMILES string of the molecule is Nc1n[nH]cc1C1CCC1. The van der Waals surface area contributed by atoms with E-state index in [1.807, 2.05) is 6.20 Å². The highest BCUT2D eigenvalue weighted by molar-refractivity contribution is 5.40. The van der Waals surface area contributed by atoms with Gasteiger partial charge >= 0.3 is 0 Å². The highest BCUT2D eigenvalue weighted by Gasteiger charge is 2.22. The Morgan fingerprint density at radius 3 is 2.80 bits per heavy atom. The normalized spacial score (nSPS) is 18.8. The molecule has 1 aromatic rings. The third-order valence-corrected chi connectivity index (χ3v) is 2.25. The molecule has 54 valence electrons. The Balaban J connectivity index is 2.23. The van der Waals surface area contributed by atoms with E-state index in [2.05, 4.69) is 10.2 Å². The molecule has 3 N–H and O–H groups in total. The summed E-state index contributed by atoms with van der Waals surface area (Å²) in [5, 5.41) is 6.64. The molecule has 1 aliphatic rings. The van der Waals surface area contributed by atoms with Crippen LogP contribution < -0.4 is 5.73 Å². The van der Waals surface area contributed by atoms with E-state index in [0.717, 1.165) is 0 Å². The van der Waals surface area contributed by atoms with Crippen molar-refractivity contribution in [2.75, 3.05) is 5.73 Å². The number of hydrogen-bond donors (Lipinski definition) is 2. The fourth-order valence-electron chi connectivity index (χ4n) is 1.36. The standard InChI is InChI=1S/C7H11N3/c8-7-6(4-9-10-7)5-2-1-3-5/h4-5H,1-3H2,(H3,8,9,10). The molecule has 1 heterocycles. The Hall–Kier alpha value is -0.990. The molecule has 0 bridgehead atoms. The van der Waals surface area contributed by atoms with Crippen LogP contribution in [0.2, 0.25) is 0 Å². The smallest absolute Gasteiger partial charge is 0.148 e. The van der Waals surface area contributed by atoms with E-state index in [4.69, 9.17) is 5.73 Å². The van der Waals surface area contributed by atoms with Crippen LogP contribution in [0.1, 0.15) is 30.7 Å². The first-order chi connectivity index (χ1) is 4.88. The van der Waals surface area contributed by atoms with Crippen LogP contribution in [-0.4, -0.2) is 10.2 Å². The molecule has 0 amide bonds. The number of nitrogens with zero attached hydrogens (tertiary/aromatic N) is 1. The number of aromatic amines is 1. The van der Waals surface area contributed by atoms with Gasteiger partial charge in [-0.2, -0.15) is 5.10 Å². The largest absolute Gasteiger partial charge is 0.382 e. The second-order valence-electron chi connectivity index (χ2n) is 2.85. The zero-order valence-electron chi connectivity index (χ0n) is 5.80. The summed E-state index contributed by atoms with van der Waals surface area (Å²) in [6.45, 7) is 0. The molecule has 0 radical (unpaired) electrons. The van der Waals surface area contributed by atoms with Crippen molar-refractivity contribution in [1.82, 2.24) is 10.2 Å². The van der Waals surface area contributed by atoms with E-state index < -0.39 is 0 Å². The van der Waals surface area contributed by atoms with Gasteiger partial charge in [0.2, 0.25) is 0 Å². The highest BCUT2D eigenvalue weighted by atomic mass is 15.1. The first-order valence-electron chi connectivity index (χ1n) is 3.67. The van der Waals surface area contributed by atoms with E-state index in [1.165, 1.54) is 24.8 Å². The average molecular weight is 137 g/mol. The molecule has 1 aliphatic carbocycles. The molecule has 10 heavy (non-hydrogen) atoms. The molecule has 0 aliphatic heterocycles. The third-order valence-electron chi connectivity index (χ3n) is 2.25. The predicted molar refractivity (Wildman–Crippen MR) is 39.6 cm³/mol. The van der Waals surface area contributed by atoms with Crippen molar-refractivity contribution in [2.45, 2.75) is 25.2 Å². The third kappa shape index (κ3) is 0.701. The quantitative estimate of drug-likeness (QED) is 0.612. The average Bonchev–Trinajstić information content (AvgIpc) is 2.12. The fourth-order valence-corrected chi connectivity index (χ4v) is 1.36. The summed E-state index contributed by atoms with van der Waals surface area (Å²) in [5.74, 6) is 1.38. The summed E-state index contributed by atoms with van der Waals surface area (Å²) in [4.78, 5) is 0. The van der Waals surface area contributed by atoms with Gasteiger partial charge in [-0.15, -0.1) is 0 Å². The summed E-state index contributed by atoms with van der Waals surface area (Å²) < 4.78 is 0. The molecular formula is C7H11N3. The van der Waals surface area contributed by atoms with Crippen LogP contribution in [0, 0.1) is 0 Å². The molecule has 0 unspecified atom stereocenters. The van der Waals surface area contributed by atoms with Crippen LogP contribution in [0.15, 0.2) is 6.20 Å². The van der Waals surface area contributed by atoms with Gasteiger partial charge in [0.05, 0.1) is 0 Å². The minimum absolute atomic E-state index is 0.685. The lowest BCUT2D eigenvalue weighted by Crippen LogP contribution is -2.09. The van der Waals surface area contributed by atoms with E-state index in [0.29, 0.717) is 11.7 Å². The van der Waals surface area contributed by atoms with Gasteiger partial charge in [-0.3, -0.25) is 5.10 Å². The first kappa shape index (κ1) is 5.77. The lowest BCUT2D eigenvalue weighted by Gasteiger charge is -2.24. The number of nitrogen functional groups attached to an aromatic ring is 1. The maximum Gasteiger partial charge on any atom is 0.148 e. The number of nitrogens with two attached hydrogens (primary N) is 1. The Morgan fingerprint density at radius 1 is 1.60 bits per heavy atom. The Kier molecular flexibility index (Phi) is 1.16. The summed E-state index contributed by atoms with van der Waals surface area (Å²) in [5.41, 5.74) is 6.82. The predicted octanol–water partition coefficient (Wildman–Crippen LogP) is 1.26. The zero-order valence-corrected chi connectivity index (χ0v) is 5.80. The first-order valence-corrected chi connectivity index (χ1v) is 3.67. The molecule has 0 saturated heterocycles. The number of rotatable bonds is 1. The van der Waals surface area contributed by atoms with Gasteiger partial charge in [-0.1, -0.05) is 6.42 Å². The van der Waals surface area contributed by atoms with Gasteiger partial charge in [0, 0.05) is 11.8 Å². The van der Waals surface area contributed by atoms with Gasteiger partial charge in [0.25, 0.3) is 0 Å². The van der Waals surface area contributed by atoms with Gasteiger partial charge in [-0.25, -0.2) is 0 Å². The summed E-state index contributed by atoms with van der Waals surface area (Å²) in [7, 11) is 0. The number of hydrogen-bond acceptors (Lipinski definition) is 2. The Bertz CT molecular complexity index is 225. The highest BCUT2D eigenvalue weighted by Crippen LogP contribution is 2.37. The molecule has 2 rings (SSSR count). The molecule has 1 saturated carbocycles. The van der Waals surface area contributed by atoms with Crippen LogP contribution in [-0.2, 0) is 0 Å². The van der Waals surface area contributed by atoms with Gasteiger partial charge in [0.15, 0.2) is 0 Å². The van der Waals surface area contributed by atoms with Crippen LogP contribution in [0.5, 0.6) is 0 Å². The van der Waals surface area contributed by atoms with E-state index in [-0.39, 0.29) is 0 Å². The lowest BCUT2D eigenvalue weighted by molar-refractivity contribution is 0.421. The molecule has 1 aromatic heterocycles. The monoisotopic (exact) mass is 137 g/mol. The fraction of sp³-hybridized carbons (Fsp3) is 0.571. The second-order valence-corrected chi connectivity index (χ2v) is 2.85. The van der Waals surface area contributed by atoms with Gasteiger partial charge in [0.1, 0.15) is 5.82 Å². The number of anilines is 1. The van der Waals surface area contributed by atoms with E-state index in [1.54, 1.807) is 0 Å². The molecule has 0 aromatic carbocycles. The molecule has 0 atom stereocenters. The van der Waals surface area contributed by atoms with Crippen molar-refractivity contribution >= 4 is 5.82 Å². The lowest BCUT2D eigenvalue weighted by atomic mass is 9.81. The van der Waals surface area contributed by atoms with Crippen molar-refractivity contribution in [2.24, 2.45) is 0 Å². The molecular weight excluding hydrogens is 126 g/mol. The maximum atomic E-state index is 5.61. The van der Waals surface area contributed by atoms with Crippen molar-refractivity contribution in [3.05, 3.63) is 11.8 Å². The van der Waals surface area contributed by atoms with Crippen molar-refractivity contribution < 1.29 is 0 Å². The van der Waals surface area contributed by atoms with E-state index >= 15 is 0 Å². The van der Waals surface area contributed by atoms with Crippen LogP contribution in [0.3, 0.4) is 0 Å². The molecule has 3 nitrogen and oxygen atoms in total. The summed E-state index contributed by atoms with van der Waals surface area (Å²) in [6.07, 6.45) is 5.82. The number of aromatic nitrogens is 2. The molecule has 3 heteroatoms. The van der Waals surface area contributed by atoms with Crippen LogP contribution in [0.4, 0.5) is 5.82 Å². The zero-order chi connectivity index (χ0) is 6.97. The van der Waals surface area contributed by atoms with Gasteiger partial charge in [-0.05, 0) is 18.8 Å². The molecule has 0 spiro atoms. The van der Waals surface area contributed by atoms with Gasteiger partial charge < -0.3 is 5.73 Å². The minimum atomic E-state index is 0.685. The van der Waals surface area contributed by atoms with Crippen LogP contribution in [0.25, 0.3) is 0 Å². The second kappa shape index (κ2) is 2.01.